The second kappa shape index (κ2) is 12.2. The molecule has 1 saturated heterocycles. The Hall–Kier alpha value is -0.303. The van der Waals surface area contributed by atoms with Gasteiger partial charge in [-0.15, -0.1) is 11.8 Å². The van der Waals surface area contributed by atoms with Gasteiger partial charge in [0.25, 0.3) is 0 Å². The molecule has 26 heavy (non-hydrogen) atoms. The summed E-state index contributed by atoms with van der Waals surface area (Å²) in [6.07, 6.45) is 12.3. The fraction of sp³-hybridized carbons (Fsp3) is 0.913. The number of ether oxygens (including phenoxy) is 2. The van der Waals surface area contributed by atoms with Crippen LogP contribution in [0.4, 0.5) is 0 Å². The number of hydrogen-bond acceptors (Lipinski definition) is 2. The van der Waals surface area contributed by atoms with Crippen LogP contribution in [0.25, 0.3) is 0 Å². The third-order valence-corrected chi connectivity index (χ3v) is 11.8. The summed E-state index contributed by atoms with van der Waals surface area (Å²) in [7, 11) is -1.14. The number of rotatable bonds is 10. The van der Waals surface area contributed by atoms with Crippen LogP contribution in [0.15, 0.2) is 0 Å². The molecule has 0 aromatic heterocycles. The molecule has 1 aliphatic heterocycles. The van der Waals surface area contributed by atoms with Crippen LogP contribution in [0.3, 0.4) is 0 Å². The first kappa shape index (κ1) is 23.7. The minimum Gasteiger partial charge on any atom is -0.353 e. The normalized spacial score (nSPS) is 19.7. The van der Waals surface area contributed by atoms with Crippen molar-refractivity contribution in [3.05, 3.63) is 0 Å². The average Bonchev–Trinajstić information content (AvgIpc) is 2.56. The molecule has 0 amide bonds. The molecule has 1 heterocycles. The predicted molar refractivity (Wildman–Crippen MR) is 116 cm³/mol. The van der Waals surface area contributed by atoms with Gasteiger partial charge in [-0.25, -0.2) is 0 Å². The fourth-order valence-electron chi connectivity index (χ4n) is 3.07. The highest BCUT2D eigenvalue weighted by molar-refractivity contribution is 6.80. The molecule has 0 saturated carbocycles. The van der Waals surface area contributed by atoms with Crippen molar-refractivity contribution in [1.29, 1.82) is 0 Å². The van der Waals surface area contributed by atoms with Crippen LogP contribution in [0.5, 0.6) is 0 Å². The summed E-state index contributed by atoms with van der Waals surface area (Å²) in [5.41, 5.74) is 0. The SMILES string of the molecule is CC(CCCCCCC#CCC[Si](C)(C)C(C)(C)C)OC1CCCCO1. The highest BCUT2D eigenvalue weighted by atomic mass is 28.3. The van der Waals surface area contributed by atoms with E-state index in [-0.39, 0.29) is 6.29 Å². The van der Waals surface area contributed by atoms with E-state index >= 15 is 0 Å². The number of unbranched alkanes of at least 4 members (excludes halogenated alkanes) is 4. The van der Waals surface area contributed by atoms with Crippen molar-refractivity contribution in [1.82, 2.24) is 0 Å². The van der Waals surface area contributed by atoms with Crippen LogP contribution in [-0.2, 0) is 9.47 Å². The molecular formula is C23H44O2Si. The van der Waals surface area contributed by atoms with E-state index in [9.17, 15) is 0 Å². The van der Waals surface area contributed by atoms with E-state index in [1.807, 2.05) is 0 Å². The van der Waals surface area contributed by atoms with Crippen LogP contribution in [0.2, 0.25) is 24.2 Å². The first-order valence-electron chi connectivity index (χ1n) is 11.0. The van der Waals surface area contributed by atoms with Crippen LogP contribution < -0.4 is 0 Å². The van der Waals surface area contributed by atoms with Gasteiger partial charge in [-0.2, -0.15) is 0 Å². The van der Waals surface area contributed by atoms with Crippen molar-refractivity contribution in [2.24, 2.45) is 0 Å². The van der Waals surface area contributed by atoms with Crippen molar-refractivity contribution in [2.45, 2.75) is 128 Å². The second-order valence-corrected chi connectivity index (χ2v) is 15.5. The molecule has 2 nitrogen and oxygen atoms in total. The molecule has 0 aromatic rings. The van der Waals surface area contributed by atoms with E-state index in [4.69, 9.17) is 9.47 Å². The zero-order valence-corrected chi connectivity index (χ0v) is 19.5. The van der Waals surface area contributed by atoms with Crippen LogP contribution in [-0.4, -0.2) is 27.1 Å². The van der Waals surface area contributed by atoms with Gasteiger partial charge in [-0.1, -0.05) is 53.1 Å². The quantitative estimate of drug-likeness (QED) is 0.227. The van der Waals surface area contributed by atoms with Gasteiger partial charge in [0.15, 0.2) is 6.29 Å². The van der Waals surface area contributed by atoms with Crippen molar-refractivity contribution < 1.29 is 9.47 Å². The van der Waals surface area contributed by atoms with Gasteiger partial charge in [0.2, 0.25) is 0 Å². The van der Waals surface area contributed by atoms with Crippen LogP contribution >= 0.6 is 0 Å². The van der Waals surface area contributed by atoms with E-state index < -0.39 is 8.07 Å². The van der Waals surface area contributed by atoms with Gasteiger partial charge in [-0.3, -0.25) is 0 Å². The molecule has 0 radical (unpaired) electrons. The Morgan fingerprint density at radius 2 is 1.73 bits per heavy atom. The summed E-state index contributed by atoms with van der Waals surface area (Å²) >= 11 is 0. The van der Waals surface area contributed by atoms with Gasteiger partial charge in [0, 0.05) is 19.4 Å². The molecular weight excluding hydrogens is 336 g/mol. The minimum atomic E-state index is -1.14. The molecule has 152 valence electrons. The highest BCUT2D eigenvalue weighted by Crippen LogP contribution is 2.39. The molecule has 0 spiro atoms. The Morgan fingerprint density at radius 1 is 1.04 bits per heavy atom. The lowest BCUT2D eigenvalue weighted by Crippen LogP contribution is -2.36. The zero-order chi connectivity index (χ0) is 19.5. The predicted octanol–water partition coefficient (Wildman–Crippen LogP) is 7.16. The maximum absolute atomic E-state index is 5.97. The average molecular weight is 381 g/mol. The monoisotopic (exact) mass is 380 g/mol. The smallest absolute Gasteiger partial charge is 0.157 e. The third-order valence-electron chi connectivity index (χ3n) is 6.21. The van der Waals surface area contributed by atoms with Crippen molar-refractivity contribution in [2.75, 3.05) is 6.61 Å². The van der Waals surface area contributed by atoms with Crippen molar-refractivity contribution in [3.8, 4) is 11.8 Å². The van der Waals surface area contributed by atoms with Crippen molar-refractivity contribution >= 4 is 8.07 Å². The first-order chi connectivity index (χ1) is 12.2. The highest BCUT2D eigenvalue weighted by Gasteiger charge is 2.33. The molecule has 2 atom stereocenters. The lowest BCUT2D eigenvalue weighted by molar-refractivity contribution is -0.185. The maximum atomic E-state index is 5.97. The molecule has 1 aliphatic rings. The van der Waals surface area contributed by atoms with Crippen molar-refractivity contribution in [3.63, 3.8) is 0 Å². The number of hydrogen-bond donors (Lipinski definition) is 0. The summed E-state index contributed by atoms with van der Waals surface area (Å²) in [4.78, 5) is 0. The van der Waals surface area contributed by atoms with Gasteiger partial charge >= 0.3 is 0 Å². The third kappa shape index (κ3) is 10.1. The minimum absolute atomic E-state index is 0.0559. The maximum Gasteiger partial charge on any atom is 0.157 e. The summed E-state index contributed by atoms with van der Waals surface area (Å²) in [5.74, 6) is 6.81. The lowest BCUT2D eigenvalue weighted by Gasteiger charge is -2.36. The van der Waals surface area contributed by atoms with E-state index in [0.29, 0.717) is 11.1 Å². The lowest BCUT2D eigenvalue weighted by atomic mass is 10.1. The van der Waals surface area contributed by atoms with E-state index in [1.54, 1.807) is 0 Å². The van der Waals surface area contributed by atoms with E-state index in [2.05, 4.69) is 52.6 Å². The molecule has 1 rings (SSSR count). The van der Waals surface area contributed by atoms with Gasteiger partial charge in [-0.05, 0) is 50.1 Å². The van der Waals surface area contributed by atoms with E-state index in [1.165, 1.54) is 44.6 Å². The van der Waals surface area contributed by atoms with Crippen LogP contribution in [0.1, 0.15) is 91.9 Å². The van der Waals surface area contributed by atoms with Crippen LogP contribution in [0, 0.1) is 11.8 Å². The Balaban J connectivity index is 1.97. The Bertz CT molecular complexity index is 422. The molecule has 0 bridgehead atoms. The summed E-state index contributed by atoms with van der Waals surface area (Å²) < 4.78 is 11.6. The van der Waals surface area contributed by atoms with Gasteiger partial charge in [0.1, 0.15) is 0 Å². The molecule has 0 N–H and O–H groups in total. The van der Waals surface area contributed by atoms with Gasteiger partial charge in [0.05, 0.1) is 14.2 Å². The van der Waals surface area contributed by atoms with Gasteiger partial charge < -0.3 is 9.47 Å². The molecule has 3 heteroatoms. The fourth-order valence-corrected chi connectivity index (χ4v) is 4.57. The topological polar surface area (TPSA) is 18.5 Å². The Morgan fingerprint density at radius 3 is 2.38 bits per heavy atom. The second-order valence-electron chi connectivity index (χ2n) is 9.68. The Labute approximate surface area is 164 Å². The molecule has 1 fully saturated rings. The largest absolute Gasteiger partial charge is 0.353 e. The molecule has 2 unspecified atom stereocenters. The molecule has 0 aromatic carbocycles. The standard InChI is InChI=1S/C23H44O2Si/c1-21(25-22-18-14-15-19-24-22)17-13-11-9-7-8-10-12-16-20-26(5,6)23(2,3)4/h21-22H,7-9,11,13-20H2,1-6H3. The summed E-state index contributed by atoms with van der Waals surface area (Å²) in [6.45, 7) is 15.2. The summed E-state index contributed by atoms with van der Waals surface area (Å²) in [5, 5.41) is 0.485. The molecule has 0 aliphatic carbocycles. The zero-order valence-electron chi connectivity index (χ0n) is 18.5. The summed E-state index contributed by atoms with van der Waals surface area (Å²) in [6, 6.07) is 1.33. The first-order valence-corrected chi connectivity index (χ1v) is 14.2. The van der Waals surface area contributed by atoms with E-state index in [0.717, 1.165) is 32.3 Å². The Kier molecular flexibility index (Phi) is 11.2.